The maximum atomic E-state index is 12.7. The second-order valence-electron chi connectivity index (χ2n) is 6.41. The van der Waals surface area contributed by atoms with E-state index in [1.54, 1.807) is 18.1 Å². The average Bonchev–Trinajstić information content (AvgIpc) is 3.43. The largest absolute Gasteiger partial charge is 0.324 e. The molecule has 1 amide bonds. The Balaban J connectivity index is 1.43. The van der Waals surface area contributed by atoms with Crippen molar-refractivity contribution in [2.45, 2.75) is 46.0 Å². The van der Waals surface area contributed by atoms with Gasteiger partial charge < -0.3 is 9.88 Å². The molecule has 0 radical (unpaired) electrons. The molecule has 0 saturated heterocycles. The molecule has 27 heavy (non-hydrogen) atoms. The number of amides is 1. The summed E-state index contributed by atoms with van der Waals surface area (Å²) in [5.41, 5.74) is 0.826. The van der Waals surface area contributed by atoms with Crippen molar-refractivity contribution >= 4 is 35.1 Å². The molecule has 1 atom stereocenters. The molecule has 5 nitrogen and oxygen atoms in total. The fourth-order valence-corrected chi connectivity index (χ4v) is 4.46. The third-order valence-electron chi connectivity index (χ3n) is 4.25. The van der Waals surface area contributed by atoms with Crippen molar-refractivity contribution < 1.29 is 4.79 Å². The maximum absolute atomic E-state index is 12.7. The van der Waals surface area contributed by atoms with E-state index in [9.17, 15) is 4.79 Å². The monoisotopic (exact) mass is 396 g/mol. The Bertz CT molecular complexity index is 924. The zero-order valence-corrected chi connectivity index (χ0v) is 16.5. The maximum Gasteiger partial charge on any atom is 0.237 e. The number of carbonyl (C=O) groups is 1. The molecule has 1 aliphatic carbocycles. The normalized spacial score (nSPS) is 14.7. The van der Waals surface area contributed by atoms with Crippen molar-refractivity contribution in [3.05, 3.63) is 60.9 Å². The van der Waals surface area contributed by atoms with Gasteiger partial charge in [-0.2, -0.15) is 0 Å². The van der Waals surface area contributed by atoms with Crippen molar-refractivity contribution in [2.75, 3.05) is 5.32 Å². The summed E-state index contributed by atoms with van der Waals surface area (Å²) in [7, 11) is 0. The highest BCUT2D eigenvalue weighted by Gasteiger charge is 2.28. The van der Waals surface area contributed by atoms with E-state index in [-0.39, 0.29) is 11.2 Å². The Kier molecular flexibility index (Phi) is 5.50. The smallest absolute Gasteiger partial charge is 0.237 e. The molecule has 2 aromatic carbocycles. The van der Waals surface area contributed by atoms with Crippen LogP contribution in [-0.4, -0.2) is 25.9 Å². The van der Waals surface area contributed by atoms with Crippen LogP contribution in [0.5, 0.6) is 0 Å². The van der Waals surface area contributed by atoms with Gasteiger partial charge in [0.1, 0.15) is 6.33 Å². The van der Waals surface area contributed by atoms with E-state index in [2.05, 4.69) is 32.2 Å². The number of aromatic nitrogens is 3. The number of nitrogens with one attached hydrogen (secondary N) is 1. The lowest BCUT2D eigenvalue weighted by molar-refractivity contribution is -0.115. The van der Waals surface area contributed by atoms with Gasteiger partial charge in [-0.3, -0.25) is 4.79 Å². The van der Waals surface area contributed by atoms with E-state index in [1.165, 1.54) is 11.8 Å². The number of nitrogens with zero attached hydrogens (tertiary/aromatic N) is 3. The highest BCUT2D eigenvalue weighted by molar-refractivity contribution is 8.00. The predicted octanol–water partition coefficient (Wildman–Crippen LogP) is 4.88. The topological polar surface area (TPSA) is 59.8 Å². The molecule has 138 valence electrons. The fourth-order valence-electron chi connectivity index (χ4n) is 2.64. The zero-order valence-electron chi connectivity index (χ0n) is 14.9. The van der Waals surface area contributed by atoms with E-state index in [0.29, 0.717) is 6.04 Å². The molecule has 1 aliphatic rings. The van der Waals surface area contributed by atoms with Gasteiger partial charge in [0.15, 0.2) is 5.16 Å². The Morgan fingerprint density at radius 1 is 1.15 bits per heavy atom. The first-order valence-corrected chi connectivity index (χ1v) is 10.6. The molecular formula is C20H20N4OS2. The van der Waals surface area contributed by atoms with Gasteiger partial charge in [0.25, 0.3) is 0 Å². The first-order valence-electron chi connectivity index (χ1n) is 8.89. The van der Waals surface area contributed by atoms with Crippen LogP contribution in [0.1, 0.15) is 25.8 Å². The molecule has 0 bridgehead atoms. The number of rotatable bonds is 7. The van der Waals surface area contributed by atoms with Crippen LogP contribution in [0, 0.1) is 0 Å². The molecule has 7 heteroatoms. The van der Waals surface area contributed by atoms with E-state index < -0.39 is 0 Å². The first-order chi connectivity index (χ1) is 13.2. The Hall–Kier alpha value is -2.25. The van der Waals surface area contributed by atoms with Crippen molar-refractivity contribution in [3.63, 3.8) is 0 Å². The first kappa shape index (κ1) is 18.1. The van der Waals surface area contributed by atoms with Gasteiger partial charge in [-0.05, 0) is 44.0 Å². The number of para-hydroxylation sites is 1. The van der Waals surface area contributed by atoms with Crippen LogP contribution in [0.2, 0.25) is 0 Å². The molecular weight excluding hydrogens is 376 g/mol. The van der Waals surface area contributed by atoms with Gasteiger partial charge in [-0.25, -0.2) is 0 Å². The minimum Gasteiger partial charge on any atom is -0.324 e. The average molecular weight is 397 g/mol. The van der Waals surface area contributed by atoms with Gasteiger partial charge in [0.2, 0.25) is 5.91 Å². The molecule has 1 saturated carbocycles. The van der Waals surface area contributed by atoms with E-state index >= 15 is 0 Å². The highest BCUT2D eigenvalue weighted by Crippen LogP contribution is 2.38. The van der Waals surface area contributed by atoms with Crippen molar-refractivity contribution in [2.24, 2.45) is 0 Å². The number of benzene rings is 2. The lowest BCUT2D eigenvalue weighted by Gasteiger charge is -2.14. The summed E-state index contributed by atoms with van der Waals surface area (Å²) >= 11 is 3.09. The summed E-state index contributed by atoms with van der Waals surface area (Å²) < 4.78 is 2.08. The van der Waals surface area contributed by atoms with Gasteiger partial charge in [0.05, 0.1) is 10.9 Å². The Morgan fingerprint density at radius 3 is 2.67 bits per heavy atom. The van der Waals surface area contributed by atoms with Crippen LogP contribution in [-0.2, 0) is 4.79 Å². The minimum absolute atomic E-state index is 0.0357. The molecule has 1 aromatic heterocycles. The quantitative estimate of drug-likeness (QED) is 0.577. The zero-order chi connectivity index (χ0) is 18.6. The third-order valence-corrected chi connectivity index (χ3v) is 6.40. The van der Waals surface area contributed by atoms with Crippen LogP contribution in [0.3, 0.4) is 0 Å². The minimum atomic E-state index is -0.263. The summed E-state index contributed by atoms with van der Waals surface area (Å²) in [4.78, 5) is 14.9. The van der Waals surface area contributed by atoms with Crippen molar-refractivity contribution in [1.82, 2.24) is 14.8 Å². The van der Waals surface area contributed by atoms with Crippen LogP contribution >= 0.6 is 23.5 Å². The van der Waals surface area contributed by atoms with Gasteiger partial charge in [-0.1, -0.05) is 53.9 Å². The number of carbonyl (C=O) groups excluding carboxylic acids is 1. The van der Waals surface area contributed by atoms with Gasteiger partial charge in [-0.15, -0.1) is 10.2 Å². The summed E-state index contributed by atoms with van der Waals surface area (Å²) in [6, 6.07) is 18.5. The van der Waals surface area contributed by atoms with Crippen LogP contribution in [0.4, 0.5) is 5.69 Å². The number of hydrogen-bond acceptors (Lipinski definition) is 5. The van der Waals surface area contributed by atoms with E-state index in [4.69, 9.17) is 0 Å². The molecule has 0 aliphatic heterocycles. The summed E-state index contributed by atoms with van der Waals surface area (Å²) in [6.07, 6.45) is 4.09. The highest BCUT2D eigenvalue weighted by atomic mass is 32.2. The molecule has 4 rings (SSSR count). The van der Waals surface area contributed by atoms with Crippen LogP contribution in [0.15, 0.2) is 75.9 Å². The molecule has 0 spiro atoms. The summed E-state index contributed by atoms with van der Waals surface area (Å²) in [5, 5.41) is 11.8. The van der Waals surface area contributed by atoms with Crippen molar-refractivity contribution in [3.8, 4) is 0 Å². The molecule has 3 aromatic rings. The number of hydrogen-bond donors (Lipinski definition) is 1. The Labute approximate surface area is 167 Å². The van der Waals surface area contributed by atoms with Gasteiger partial charge in [0, 0.05) is 15.8 Å². The van der Waals surface area contributed by atoms with Crippen LogP contribution < -0.4 is 5.32 Å². The van der Waals surface area contributed by atoms with Crippen LogP contribution in [0.25, 0.3) is 0 Å². The van der Waals surface area contributed by atoms with E-state index in [0.717, 1.165) is 33.5 Å². The summed E-state index contributed by atoms with van der Waals surface area (Å²) in [5.74, 6) is -0.0357. The molecule has 1 fully saturated rings. The summed E-state index contributed by atoms with van der Waals surface area (Å²) in [6.45, 7) is 1.90. The predicted molar refractivity (Wildman–Crippen MR) is 109 cm³/mol. The number of anilines is 1. The number of thioether (sulfide) groups is 1. The van der Waals surface area contributed by atoms with Crippen molar-refractivity contribution in [1.29, 1.82) is 0 Å². The lowest BCUT2D eigenvalue weighted by Crippen LogP contribution is -2.23. The third kappa shape index (κ3) is 4.54. The fraction of sp³-hybridized carbons (Fsp3) is 0.250. The standard InChI is InChI=1S/C20H20N4OS2/c1-14(26-20-23-21-13-24(20)15-11-12-15)19(25)22-17-9-5-6-10-18(17)27-16-7-3-2-4-8-16/h2-10,13-15H,11-12H2,1H3,(H,22,25)/t14-/m0/s1. The molecule has 0 unspecified atom stereocenters. The second-order valence-corrected chi connectivity index (χ2v) is 8.84. The lowest BCUT2D eigenvalue weighted by atomic mass is 10.3. The molecule has 1 heterocycles. The molecule has 1 N–H and O–H groups in total. The second kappa shape index (κ2) is 8.19. The van der Waals surface area contributed by atoms with E-state index in [1.807, 2.05) is 49.4 Å². The SMILES string of the molecule is C[C@H](Sc1nncn1C1CC1)C(=O)Nc1ccccc1Sc1ccccc1. The Morgan fingerprint density at radius 2 is 1.89 bits per heavy atom. The van der Waals surface area contributed by atoms with Gasteiger partial charge >= 0.3 is 0 Å².